The Morgan fingerprint density at radius 1 is 0.938 bits per heavy atom. The van der Waals surface area contributed by atoms with E-state index in [2.05, 4.69) is 5.32 Å². The number of aliphatic carboxylic acids is 1. The fourth-order valence-electron chi connectivity index (χ4n) is 3.15. The van der Waals surface area contributed by atoms with Crippen LogP contribution in [-0.2, 0) is 27.2 Å². The van der Waals surface area contributed by atoms with Crippen molar-refractivity contribution in [3.8, 4) is 11.1 Å². The Hall–Kier alpha value is -3.35. The Kier molecular flexibility index (Phi) is 8.41. The lowest BCUT2D eigenvalue weighted by Gasteiger charge is -2.25. The molecule has 2 amide bonds. The predicted octanol–water partition coefficient (Wildman–Crippen LogP) is 3.89. The maximum atomic E-state index is 12.6. The highest BCUT2D eigenvalue weighted by atomic mass is 16.6. The van der Waals surface area contributed by atoms with E-state index in [-0.39, 0.29) is 12.3 Å². The van der Waals surface area contributed by atoms with Gasteiger partial charge in [0.15, 0.2) is 0 Å². The first-order valence-corrected chi connectivity index (χ1v) is 10.6. The topological polar surface area (TPSA) is 95.9 Å². The fraction of sp³-hybridized carbons (Fsp3) is 0.400. The first kappa shape index (κ1) is 24.9. The zero-order valence-corrected chi connectivity index (χ0v) is 19.3. The van der Waals surface area contributed by atoms with Crippen molar-refractivity contribution in [3.63, 3.8) is 0 Å². The minimum absolute atomic E-state index is 0.109. The number of nitrogens with one attached hydrogen (secondary N) is 1. The molecule has 2 N–H and O–H groups in total. The molecule has 0 aliphatic carbocycles. The lowest BCUT2D eigenvalue weighted by Crippen LogP contribution is -2.48. The first-order valence-electron chi connectivity index (χ1n) is 10.6. The predicted molar refractivity (Wildman–Crippen MR) is 123 cm³/mol. The Bertz CT molecular complexity index is 928. The van der Waals surface area contributed by atoms with Gasteiger partial charge in [-0.3, -0.25) is 9.59 Å². The Balaban J connectivity index is 2.09. The summed E-state index contributed by atoms with van der Waals surface area (Å²) < 4.78 is 5.30. The number of amides is 2. The molecule has 0 bridgehead atoms. The number of hydrogen-bond donors (Lipinski definition) is 2. The number of benzene rings is 2. The van der Waals surface area contributed by atoms with Gasteiger partial charge in [0, 0.05) is 26.9 Å². The van der Waals surface area contributed by atoms with Gasteiger partial charge in [0.25, 0.3) is 0 Å². The van der Waals surface area contributed by atoms with Gasteiger partial charge in [0.05, 0.1) is 0 Å². The monoisotopic (exact) mass is 440 g/mol. The number of ether oxygens (including phenoxy) is 1. The van der Waals surface area contributed by atoms with E-state index in [0.717, 1.165) is 22.3 Å². The second-order valence-corrected chi connectivity index (χ2v) is 8.92. The van der Waals surface area contributed by atoms with Crippen LogP contribution in [0.4, 0.5) is 4.79 Å². The molecule has 172 valence electrons. The van der Waals surface area contributed by atoms with Gasteiger partial charge in [-0.2, -0.15) is 0 Å². The number of nitrogens with zero attached hydrogens (tertiary/aromatic N) is 1. The number of alkyl carbamates (subject to hydrolysis) is 1. The number of rotatable bonds is 8. The average Bonchev–Trinajstić information content (AvgIpc) is 2.70. The summed E-state index contributed by atoms with van der Waals surface area (Å²) in [6.07, 6.45) is 0.320. The number of aryl methyl sites for hydroxylation is 1. The van der Waals surface area contributed by atoms with Gasteiger partial charge in [-0.25, -0.2) is 4.79 Å². The molecule has 2 aromatic rings. The summed E-state index contributed by atoms with van der Waals surface area (Å²) in [6, 6.07) is 14.9. The summed E-state index contributed by atoms with van der Waals surface area (Å²) in [4.78, 5) is 36.9. The zero-order chi connectivity index (χ0) is 23.9. The van der Waals surface area contributed by atoms with E-state index in [1.807, 2.05) is 48.5 Å². The number of carbonyl (C=O) groups excluding carboxylic acids is 2. The lowest BCUT2D eigenvalue weighted by molar-refractivity contribution is -0.137. The van der Waals surface area contributed by atoms with Crippen molar-refractivity contribution in [2.24, 2.45) is 0 Å². The van der Waals surface area contributed by atoms with Crippen LogP contribution in [0.2, 0.25) is 0 Å². The maximum absolute atomic E-state index is 12.6. The molecule has 0 unspecified atom stereocenters. The second-order valence-electron chi connectivity index (χ2n) is 8.92. The van der Waals surface area contributed by atoms with Gasteiger partial charge in [-0.1, -0.05) is 48.5 Å². The van der Waals surface area contributed by atoms with E-state index in [9.17, 15) is 14.4 Å². The van der Waals surface area contributed by atoms with Crippen LogP contribution >= 0.6 is 0 Å². The summed E-state index contributed by atoms with van der Waals surface area (Å²) >= 11 is 0. The molecule has 0 heterocycles. The van der Waals surface area contributed by atoms with Crippen molar-refractivity contribution in [1.82, 2.24) is 10.2 Å². The van der Waals surface area contributed by atoms with Crippen molar-refractivity contribution >= 4 is 18.0 Å². The number of hydrogen-bond acceptors (Lipinski definition) is 4. The number of carboxylic acid groups (broad SMARTS) is 1. The SMILES string of the molecule is CN(C)C(=O)[C@H](Cc1ccc(-c2ccc(CCC(=O)O)cc2)cc1)NC(=O)OC(C)(C)C. The fourth-order valence-corrected chi connectivity index (χ4v) is 3.15. The molecule has 1 atom stereocenters. The number of carbonyl (C=O) groups is 3. The summed E-state index contributed by atoms with van der Waals surface area (Å²) in [5.41, 5.74) is 3.26. The molecule has 0 radical (unpaired) electrons. The quantitative estimate of drug-likeness (QED) is 0.649. The summed E-state index contributed by atoms with van der Waals surface area (Å²) in [7, 11) is 3.30. The van der Waals surface area contributed by atoms with E-state index in [4.69, 9.17) is 9.84 Å². The Morgan fingerprint density at radius 3 is 1.88 bits per heavy atom. The summed E-state index contributed by atoms with van der Waals surface area (Å²) in [5, 5.41) is 11.5. The van der Waals surface area contributed by atoms with Crippen molar-refractivity contribution < 1.29 is 24.2 Å². The molecule has 0 spiro atoms. The molecular weight excluding hydrogens is 408 g/mol. The molecule has 0 fully saturated rings. The van der Waals surface area contributed by atoms with E-state index < -0.39 is 23.7 Å². The summed E-state index contributed by atoms with van der Waals surface area (Å²) in [5.74, 6) is -1.02. The molecule has 7 heteroatoms. The van der Waals surface area contributed by atoms with Gasteiger partial charge >= 0.3 is 12.1 Å². The molecule has 0 aliphatic rings. The van der Waals surface area contributed by atoms with Crippen LogP contribution in [0.15, 0.2) is 48.5 Å². The van der Waals surface area contributed by atoms with Crippen molar-refractivity contribution in [3.05, 3.63) is 59.7 Å². The van der Waals surface area contributed by atoms with Crippen molar-refractivity contribution in [2.75, 3.05) is 14.1 Å². The first-order chi connectivity index (χ1) is 14.9. The van der Waals surface area contributed by atoms with Crippen LogP contribution in [0.1, 0.15) is 38.3 Å². The molecule has 32 heavy (non-hydrogen) atoms. The molecule has 0 saturated carbocycles. The van der Waals surface area contributed by atoms with E-state index >= 15 is 0 Å². The molecule has 0 saturated heterocycles. The van der Waals surface area contributed by atoms with Gasteiger partial charge in [0.1, 0.15) is 11.6 Å². The smallest absolute Gasteiger partial charge is 0.408 e. The van der Waals surface area contributed by atoms with Crippen molar-refractivity contribution in [2.45, 2.75) is 51.7 Å². The zero-order valence-electron chi connectivity index (χ0n) is 19.3. The normalized spacial score (nSPS) is 12.0. The average molecular weight is 441 g/mol. The second kappa shape index (κ2) is 10.8. The van der Waals surface area contributed by atoms with Gasteiger partial charge < -0.3 is 20.1 Å². The molecule has 0 aromatic heterocycles. The minimum Gasteiger partial charge on any atom is -0.481 e. The molecular formula is C25H32N2O5. The van der Waals surface area contributed by atoms with Gasteiger partial charge in [-0.05, 0) is 49.4 Å². The lowest BCUT2D eigenvalue weighted by atomic mass is 9.99. The molecule has 0 aliphatic heterocycles. The molecule has 2 rings (SSSR count). The third-order valence-electron chi connectivity index (χ3n) is 4.74. The number of carboxylic acids is 1. The number of likely N-dealkylation sites (N-methyl/N-ethyl adjacent to an activating group) is 1. The molecule has 7 nitrogen and oxygen atoms in total. The highest BCUT2D eigenvalue weighted by molar-refractivity contribution is 5.85. The summed E-state index contributed by atoms with van der Waals surface area (Å²) in [6.45, 7) is 5.31. The largest absolute Gasteiger partial charge is 0.481 e. The minimum atomic E-state index is -0.808. The van der Waals surface area contributed by atoms with E-state index in [0.29, 0.717) is 12.8 Å². The third-order valence-corrected chi connectivity index (χ3v) is 4.74. The van der Waals surface area contributed by atoms with Crippen LogP contribution in [0.25, 0.3) is 11.1 Å². The maximum Gasteiger partial charge on any atom is 0.408 e. The van der Waals surface area contributed by atoms with Crippen LogP contribution in [0.3, 0.4) is 0 Å². The third kappa shape index (κ3) is 8.06. The van der Waals surface area contributed by atoms with Crippen molar-refractivity contribution in [1.29, 1.82) is 0 Å². The highest BCUT2D eigenvalue weighted by Crippen LogP contribution is 2.21. The van der Waals surface area contributed by atoms with Crippen LogP contribution in [0.5, 0.6) is 0 Å². The van der Waals surface area contributed by atoms with Crippen LogP contribution in [0, 0.1) is 0 Å². The van der Waals surface area contributed by atoms with Crippen LogP contribution in [-0.4, -0.2) is 53.7 Å². The standard InChI is InChI=1S/C25H32N2O5/c1-25(2,3)32-24(31)26-21(23(30)27(4)5)16-18-8-13-20(14-9-18)19-11-6-17(7-12-19)10-15-22(28)29/h6-9,11-14,21H,10,15-16H2,1-5H3,(H,26,31)(H,28,29)/t21-/m0/s1. The Labute approximate surface area is 189 Å². The Morgan fingerprint density at radius 2 is 1.44 bits per heavy atom. The van der Waals surface area contributed by atoms with Gasteiger partial charge in [-0.15, -0.1) is 0 Å². The molecule has 2 aromatic carbocycles. The van der Waals surface area contributed by atoms with E-state index in [1.165, 1.54) is 4.90 Å². The van der Waals surface area contributed by atoms with Gasteiger partial charge in [0.2, 0.25) is 5.91 Å². The van der Waals surface area contributed by atoms with E-state index in [1.54, 1.807) is 34.9 Å². The highest BCUT2D eigenvalue weighted by Gasteiger charge is 2.25. The van der Waals surface area contributed by atoms with Crippen LogP contribution < -0.4 is 5.32 Å².